The maximum Gasteiger partial charge on any atom is 0.264 e. The number of carbonyl (C=O) groups excluding carboxylic acids is 2. The number of hydrogen-bond donors (Lipinski definition) is 1. The van der Waals surface area contributed by atoms with Crippen molar-refractivity contribution >= 4 is 31.6 Å². The molecule has 0 saturated carbocycles. The van der Waals surface area contributed by atoms with E-state index in [1.54, 1.807) is 33.8 Å². The predicted molar refractivity (Wildman–Crippen MR) is 155 cm³/mol. The van der Waals surface area contributed by atoms with Crippen molar-refractivity contribution in [2.24, 2.45) is 5.92 Å². The summed E-state index contributed by atoms with van der Waals surface area (Å²) in [5.74, 6) is -0.406. The quantitative estimate of drug-likeness (QED) is 0.235. The van der Waals surface area contributed by atoms with Crippen molar-refractivity contribution in [3.63, 3.8) is 0 Å². The Morgan fingerprint density at radius 1 is 1.15 bits per heavy atom. The van der Waals surface area contributed by atoms with Crippen LogP contribution >= 0.6 is 0 Å². The number of aliphatic hydroxyl groups excluding tert-OH is 1. The van der Waals surface area contributed by atoms with Crippen LogP contribution < -0.4 is 9.80 Å². The van der Waals surface area contributed by atoms with Crippen LogP contribution in [0.25, 0.3) is 0 Å². The molecule has 0 unspecified atom stereocenters. The number of fused-ring (bicyclic) bond motifs is 2. The number of para-hydroxylation sites is 1. The zero-order valence-corrected chi connectivity index (χ0v) is 24.7. The van der Waals surface area contributed by atoms with Gasteiger partial charge in [0.1, 0.15) is 0 Å². The number of anilines is 2. The second kappa shape index (κ2) is 10.5. The van der Waals surface area contributed by atoms with Gasteiger partial charge in [-0.15, -0.1) is 5.10 Å². The number of halogens is 1. The summed E-state index contributed by atoms with van der Waals surface area (Å²) in [7, 11) is -3.26. The Kier molecular flexibility index (Phi) is 7.07. The van der Waals surface area contributed by atoms with Gasteiger partial charge in [0.25, 0.3) is 5.91 Å². The van der Waals surface area contributed by atoms with E-state index >= 15 is 4.11 Å². The highest BCUT2D eigenvalue weighted by Crippen LogP contribution is 2.60. The van der Waals surface area contributed by atoms with Crippen molar-refractivity contribution in [1.82, 2.24) is 15.0 Å². The molecule has 2 amide bonds. The lowest BCUT2D eigenvalue weighted by molar-refractivity contribution is -0.146. The van der Waals surface area contributed by atoms with Gasteiger partial charge in [-0.3, -0.25) is 14.3 Å². The lowest BCUT2D eigenvalue weighted by Crippen LogP contribution is -2.45. The molecule has 3 aromatic rings. The minimum absolute atomic E-state index is 0.00549. The fourth-order valence-electron chi connectivity index (χ4n) is 6.92. The van der Waals surface area contributed by atoms with Crippen LogP contribution in [0.1, 0.15) is 36.6 Å². The average Bonchev–Trinajstić information content (AvgIpc) is 3.58. The van der Waals surface area contributed by atoms with Gasteiger partial charge in [0.15, 0.2) is 5.60 Å². The van der Waals surface area contributed by atoms with Crippen molar-refractivity contribution in [2.75, 3.05) is 23.0 Å². The Morgan fingerprint density at radius 3 is 2.56 bits per heavy atom. The normalized spacial score (nSPS) is 25.7. The number of rotatable bonds is 9. The van der Waals surface area contributed by atoms with Crippen LogP contribution in [0.4, 0.5) is 15.5 Å². The molecule has 216 valence electrons. The molecule has 4 heterocycles. The van der Waals surface area contributed by atoms with Crippen molar-refractivity contribution in [2.45, 2.75) is 69.6 Å². The molecule has 1 N–H and O–H groups in total. The van der Waals surface area contributed by atoms with Crippen LogP contribution in [0, 0.1) is 5.92 Å². The number of carbonyl (C=O) groups is 2. The zero-order valence-electron chi connectivity index (χ0n) is 23.7. The molecule has 11 heteroatoms. The first-order chi connectivity index (χ1) is 19.6. The summed E-state index contributed by atoms with van der Waals surface area (Å²) >= 11 is 0. The van der Waals surface area contributed by atoms with Crippen molar-refractivity contribution < 1.29 is 23.5 Å². The number of aromatic nitrogens is 3. The Balaban J connectivity index is 1.28. The van der Waals surface area contributed by atoms with Gasteiger partial charge in [0.05, 0.1) is 24.0 Å². The van der Waals surface area contributed by atoms with E-state index in [1.165, 1.54) is 0 Å². The molecule has 41 heavy (non-hydrogen) atoms. The number of hydrogen-bond acceptors (Lipinski definition) is 6. The minimum atomic E-state index is -3.26. The number of ether oxygens (including phenoxy) is 1. The summed E-state index contributed by atoms with van der Waals surface area (Å²) in [4.78, 5) is 29.8. The molecule has 9 nitrogen and oxygen atoms in total. The SMILES string of the molecule is C[C@@H]1[C@@H]([Si](C)(C)F)[C@H](CCn2cc(CCO)nn2)O[C@@]12C(=O)N(Cc1ccc(N3CCC3=O)cc1)c1ccccc12. The fourth-order valence-corrected chi connectivity index (χ4v) is 9.46. The summed E-state index contributed by atoms with van der Waals surface area (Å²) in [6, 6.07) is 15.4. The van der Waals surface area contributed by atoms with E-state index in [4.69, 9.17) is 4.74 Å². The predicted octanol–water partition coefficient (Wildman–Crippen LogP) is 3.96. The lowest BCUT2D eigenvalue weighted by Gasteiger charge is -2.31. The summed E-state index contributed by atoms with van der Waals surface area (Å²) in [6.07, 6.45) is 2.81. The molecular weight excluding hydrogens is 541 g/mol. The zero-order chi connectivity index (χ0) is 28.9. The van der Waals surface area contributed by atoms with E-state index in [2.05, 4.69) is 10.3 Å². The highest BCUT2D eigenvalue weighted by Gasteiger charge is 2.66. The number of β-lactam (4-membered cyclic amide) rings is 1. The second-order valence-electron chi connectivity index (χ2n) is 11.9. The first-order valence-electron chi connectivity index (χ1n) is 14.3. The minimum Gasteiger partial charge on any atom is -0.396 e. The molecule has 0 aliphatic carbocycles. The molecule has 0 bridgehead atoms. The van der Waals surface area contributed by atoms with Gasteiger partial charge in [-0.2, -0.15) is 0 Å². The number of aryl methyl sites for hydroxylation is 1. The Hall–Kier alpha value is -3.41. The summed E-state index contributed by atoms with van der Waals surface area (Å²) < 4.78 is 24.5. The van der Waals surface area contributed by atoms with E-state index in [9.17, 15) is 14.7 Å². The van der Waals surface area contributed by atoms with E-state index < -0.39 is 25.7 Å². The van der Waals surface area contributed by atoms with Gasteiger partial charge in [0.2, 0.25) is 14.3 Å². The van der Waals surface area contributed by atoms with E-state index in [0.717, 1.165) is 29.0 Å². The number of aliphatic hydroxyl groups is 1. The highest BCUT2D eigenvalue weighted by molar-refractivity contribution is 6.72. The third-order valence-electron chi connectivity index (χ3n) is 8.90. The van der Waals surface area contributed by atoms with Crippen LogP contribution in [0.2, 0.25) is 18.6 Å². The molecule has 1 aromatic heterocycles. The van der Waals surface area contributed by atoms with Crippen molar-refractivity contribution in [3.05, 3.63) is 71.5 Å². The first kappa shape index (κ1) is 27.7. The molecule has 2 saturated heterocycles. The average molecular weight is 578 g/mol. The summed E-state index contributed by atoms with van der Waals surface area (Å²) in [6.45, 7) is 6.90. The molecule has 3 aliphatic rings. The van der Waals surface area contributed by atoms with E-state index in [0.29, 0.717) is 38.0 Å². The Labute approximate surface area is 240 Å². The van der Waals surface area contributed by atoms with E-state index in [-0.39, 0.29) is 24.3 Å². The van der Waals surface area contributed by atoms with Gasteiger partial charge in [-0.25, -0.2) is 0 Å². The maximum absolute atomic E-state index is 16.0. The highest BCUT2D eigenvalue weighted by atomic mass is 28.4. The molecule has 0 radical (unpaired) electrons. The fraction of sp³-hybridized carbons (Fsp3) is 0.467. The van der Waals surface area contributed by atoms with Crippen LogP contribution in [0.5, 0.6) is 0 Å². The smallest absolute Gasteiger partial charge is 0.264 e. The second-order valence-corrected chi connectivity index (χ2v) is 15.7. The molecule has 4 atom stereocenters. The van der Waals surface area contributed by atoms with Gasteiger partial charge in [0, 0.05) is 61.4 Å². The van der Waals surface area contributed by atoms with Gasteiger partial charge < -0.3 is 23.8 Å². The molecule has 1 spiro atoms. The number of nitrogens with zero attached hydrogens (tertiary/aromatic N) is 5. The van der Waals surface area contributed by atoms with Gasteiger partial charge in [-0.1, -0.05) is 42.5 Å². The monoisotopic (exact) mass is 577 g/mol. The van der Waals surface area contributed by atoms with Crippen molar-refractivity contribution in [1.29, 1.82) is 0 Å². The summed E-state index contributed by atoms with van der Waals surface area (Å²) in [5, 5.41) is 17.4. The number of benzene rings is 2. The van der Waals surface area contributed by atoms with Crippen LogP contribution in [-0.4, -0.2) is 59.6 Å². The van der Waals surface area contributed by atoms with Gasteiger partial charge >= 0.3 is 0 Å². The van der Waals surface area contributed by atoms with Crippen LogP contribution in [0.15, 0.2) is 54.7 Å². The van der Waals surface area contributed by atoms with E-state index in [1.807, 2.05) is 55.5 Å². The van der Waals surface area contributed by atoms with Crippen LogP contribution in [0.3, 0.4) is 0 Å². The topological polar surface area (TPSA) is 101 Å². The third kappa shape index (κ3) is 4.69. The largest absolute Gasteiger partial charge is 0.396 e. The van der Waals surface area contributed by atoms with Crippen LogP contribution in [-0.2, 0) is 39.4 Å². The number of amides is 2. The standard InChI is InChI=1S/C30H36FN5O4Si/c1-20-28(41(2,3)31)26(12-15-34-19-22(14-17-37)32-33-34)40-30(20)24-6-4-5-7-25(24)36(29(30)39)18-21-8-10-23(11-9-21)35-16-13-27(35)38/h4-11,19-20,26,28,37H,12-18H2,1-3H3/t20-,26+,28-,30+/m1/s1. The molecule has 2 fully saturated rings. The molecule has 3 aliphatic heterocycles. The van der Waals surface area contributed by atoms with Gasteiger partial charge in [-0.05, 0) is 43.3 Å². The molecular formula is C30H36FN5O4Si. The summed E-state index contributed by atoms with van der Waals surface area (Å²) in [5.41, 5.74) is 2.40. The maximum atomic E-state index is 16.0. The first-order valence-corrected chi connectivity index (χ1v) is 17.3. The molecule has 6 rings (SSSR count). The Bertz CT molecular complexity index is 1460. The third-order valence-corrected chi connectivity index (χ3v) is 11.4. The van der Waals surface area contributed by atoms with Crippen molar-refractivity contribution in [3.8, 4) is 0 Å². The molecule has 2 aromatic carbocycles. The lowest BCUT2D eigenvalue weighted by atomic mass is 9.82. The Morgan fingerprint density at radius 2 is 1.90 bits per heavy atom.